The zero-order valence-electron chi connectivity index (χ0n) is 11.9. The van der Waals surface area contributed by atoms with Crippen molar-refractivity contribution in [3.05, 3.63) is 29.3 Å². The second kappa shape index (κ2) is 6.24. The van der Waals surface area contributed by atoms with E-state index in [0.29, 0.717) is 5.92 Å². The van der Waals surface area contributed by atoms with Crippen LogP contribution in [0.15, 0.2) is 18.2 Å². The number of benzene rings is 1. The Hall–Kier alpha value is -1.02. The molecule has 1 aliphatic heterocycles. The number of ether oxygens (including phenoxy) is 1. The SMILES string of the molecule is Cc1ccc(C(C)C)c(OCCN2CCCC2)c1. The van der Waals surface area contributed by atoms with Crippen molar-refractivity contribution in [2.45, 2.75) is 39.5 Å². The van der Waals surface area contributed by atoms with Crippen LogP contribution in [0.2, 0.25) is 0 Å². The molecule has 0 aliphatic carbocycles. The van der Waals surface area contributed by atoms with Crippen LogP contribution in [0.1, 0.15) is 43.7 Å². The van der Waals surface area contributed by atoms with E-state index >= 15 is 0 Å². The molecule has 2 nitrogen and oxygen atoms in total. The maximum absolute atomic E-state index is 6.00. The average Bonchev–Trinajstić information content (AvgIpc) is 2.82. The molecule has 0 amide bonds. The molecular formula is C16H25NO. The molecule has 0 aromatic heterocycles. The van der Waals surface area contributed by atoms with Crippen LogP contribution in [-0.4, -0.2) is 31.1 Å². The quantitative estimate of drug-likeness (QED) is 0.788. The average molecular weight is 247 g/mol. The predicted molar refractivity (Wildman–Crippen MR) is 76.4 cm³/mol. The molecule has 0 saturated carbocycles. The van der Waals surface area contributed by atoms with Crippen LogP contribution in [0.25, 0.3) is 0 Å². The molecule has 0 spiro atoms. The van der Waals surface area contributed by atoms with Crippen LogP contribution in [0.4, 0.5) is 0 Å². The predicted octanol–water partition coefficient (Wildman–Crippen LogP) is 3.59. The molecule has 1 heterocycles. The first-order valence-corrected chi connectivity index (χ1v) is 7.12. The van der Waals surface area contributed by atoms with E-state index in [0.717, 1.165) is 18.9 Å². The summed E-state index contributed by atoms with van der Waals surface area (Å²) >= 11 is 0. The van der Waals surface area contributed by atoms with Gasteiger partial charge in [0.15, 0.2) is 0 Å². The summed E-state index contributed by atoms with van der Waals surface area (Å²) in [7, 11) is 0. The van der Waals surface area contributed by atoms with E-state index in [1.54, 1.807) is 0 Å². The highest BCUT2D eigenvalue weighted by atomic mass is 16.5. The van der Waals surface area contributed by atoms with Gasteiger partial charge in [-0.05, 0) is 56.0 Å². The summed E-state index contributed by atoms with van der Waals surface area (Å²) in [4.78, 5) is 2.49. The molecule has 0 atom stereocenters. The number of aryl methyl sites for hydroxylation is 1. The van der Waals surface area contributed by atoms with Gasteiger partial charge in [-0.1, -0.05) is 26.0 Å². The van der Waals surface area contributed by atoms with Gasteiger partial charge in [0.05, 0.1) is 0 Å². The third-order valence-electron chi connectivity index (χ3n) is 3.65. The summed E-state index contributed by atoms with van der Waals surface area (Å²) < 4.78 is 6.00. The highest BCUT2D eigenvalue weighted by Gasteiger charge is 2.12. The molecule has 100 valence electrons. The van der Waals surface area contributed by atoms with Gasteiger partial charge in [-0.2, -0.15) is 0 Å². The maximum Gasteiger partial charge on any atom is 0.123 e. The third-order valence-corrected chi connectivity index (χ3v) is 3.65. The minimum Gasteiger partial charge on any atom is -0.492 e. The third kappa shape index (κ3) is 3.49. The van der Waals surface area contributed by atoms with Crippen molar-refractivity contribution in [3.63, 3.8) is 0 Å². The van der Waals surface area contributed by atoms with Crippen LogP contribution in [0.5, 0.6) is 5.75 Å². The molecule has 0 unspecified atom stereocenters. The van der Waals surface area contributed by atoms with Crippen LogP contribution < -0.4 is 4.74 Å². The fourth-order valence-electron chi connectivity index (χ4n) is 2.53. The molecule has 2 rings (SSSR count). The monoisotopic (exact) mass is 247 g/mol. The lowest BCUT2D eigenvalue weighted by Crippen LogP contribution is -2.25. The lowest BCUT2D eigenvalue weighted by atomic mass is 10.0. The van der Waals surface area contributed by atoms with Gasteiger partial charge in [0, 0.05) is 6.54 Å². The number of rotatable bonds is 5. The summed E-state index contributed by atoms with van der Waals surface area (Å²) in [6, 6.07) is 6.53. The zero-order chi connectivity index (χ0) is 13.0. The van der Waals surface area contributed by atoms with Crippen molar-refractivity contribution in [1.82, 2.24) is 4.90 Å². The number of nitrogens with zero attached hydrogens (tertiary/aromatic N) is 1. The lowest BCUT2D eigenvalue weighted by Gasteiger charge is -2.18. The van der Waals surface area contributed by atoms with Crippen molar-refractivity contribution >= 4 is 0 Å². The maximum atomic E-state index is 6.00. The summed E-state index contributed by atoms with van der Waals surface area (Å²) in [5, 5.41) is 0. The number of hydrogen-bond acceptors (Lipinski definition) is 2. The van der Waals surface area contributed by atoms with Gasteiger partial charge in [-0.25, -0.2) is 0 Å². The van der Waals surface area contributed by atoms with Gasteiger partial charge in [-0.15, -0.1) is 0 Å². The van der Waals surface area contributed by atoms with Gasteiger partial charge in [-0.3, -0.25) is 4.90 Å². The molecule has 0 radical (unpaired) electrons. The van der Waals surface area contributed by atoms with Crippen LogP contribution in [0.3, 0.4) is 0 Å². The fraction of sp³-hybridized carbons (Fsp3) is 0.625. The topological polar surface area (TPSA) is 12.5 Å². The lowest BCUT2D eigenvalue weighted by molar-refractivity contribution is 0.236. The molecule has 1 fully saturated rings. The molecule has 2 heteroatoms. The Kier molecular flexibility index (Phi) is 4.65. The van der Waals surface area contributed by atoms with Crippen molar-refractivity contribution in [2.24, 2.45) is 0 Å². The molecule has 0 N–H and O–H groups in total. The first kappa shape index (κ1) is 13.4. The van der Waals surface area contributed by atoms with E-state index in [1.165, 1.54) is 37.1 Å². The van der Waals surface area contributed by atoms with E-state index in [4.69, 9.17) is 4.74 Å². The van der Waals surface area contributed by atoms with Crippen LogP contribution >= 0.6 is 0 Å². The smallest absolute Gasteiger partial charge is 0.123 e. The molecule has 0 bridgehead atoms. The van der Waals surface area contributed by atoms with Gasteiger partial charge in [0.1, 0.15) is 12.4 Å². The Bertz CT molecular complexity index is 381. The standard InChI is InChI=1S/C16H25NO/c1-13(2)15-7-6-14(3)12-16(15)18-11-10-17-8-4-5-9-17/h6-7,12-13H,4-5,8-11H2,1-3H3. The number of hydrogen-bond donors (Lipinski definition) is 0. The van der Waals surface area contributed by atoms with Crippen molar-refractivity contribution in [2.75, 3.05) is 26.2 Å². The second-order valence-corrected chi connectivity index (χ2v) is 5.59. The molecule has 1 aromatic rings. The highest BCUT2D eigenvalue weighted by molar-refractivity contribution is 5.39. The first-order valence-electron chi connectivity index (χ1n) is 7.12. The van der Waals surface area contributed by atoms with E-state index in [2.05, 4.69) is 43.9 Å². The van der Waals surface area contributed by atoms with Crippen LogP contribution in [0, 0.1) is 6.92 Å². The Morgan fingerprint density at radius 3 is 2.61 bits per heavy atom. The minimum absolute atomic E-state index is 0.521. The molecule has 1 aromatic carbocycles. The van der Waals surface area contributed by atoms with Gasteiger partial charge < -0.3 is 4.74 Å². The summed E-state index contributed by atoms with van der Waals surface area (Å²) in [6.45, 7) is 10.9. The Balaban J connectivity index is 1.92. The molecular weight excluding hydrogens is 222 g/mol. The van der Waals surface area contributed by atoms with E-state index in [9.17, 15) is 0 Å². The Morgan fingerprint density at radius 2 is 1.94 bits per heavy atom. The minimum atomic E-state index is 0.521. The van der Waals surface area contributed by atoms with Gasteiger partial charge >= 0.3 is 0 Å². The summed E-state index contributed by atoms with van der Waals surface area (Å²) in [5.74, 6) is 1.59. The summed E-state index contributed by atoms with van der Waals surface area (Å²) in [6.07, 6.45) is 2.70. The summed E-state index contributed by atoms with van der Waals surface area (Å²) in [5.41, 5.74) is 2.59. The zero-order valence-corrected chi connectivity index (χ0v) is 11.9. The first-order chi connectivity index (χ1) is 8.66. The normalized spacial score (nSPS) is 16.4. The molecule has 18 heavy (non-hydrogen) atoms. The van der Waals surface area contributed by atoms with Gasteiger partial charge in [0.25, 0.3) is 0 Å². The van der Waals surface area contributed by atoms with E-state index < -0.39 is 0 Å². The molecule has 1 aliphatic rings. The Morgan fingerprint density at radius 1 is 1.22 bits per heavy atom. The highest BCUT2D eigenvalue weighted by Crippen LogP contribution is 2.27. The fourth-order valence-corrected chi connectivity index (χ4v) is 2.53. The van der Waals surface area contributed by atoms with Crippen molar-refractivity contribution in [3.8, 4) is 5.75 Å². The van der Waals surface area contributed by atoms with Crippen molar-refractivity contribution < 1.29 is 4.74 Å². The van der Waals surface area contributed by atoms with E-state index in [-0.39, 0.29) is 0 Å². The molecule has 1 saturated heterocycles. The number of likely N-dealkylation sites (tertiary alicyclic amines) is 1. The largest absolute Gasteiger partial charge is 0.492 e. The second-order valence-electron chi connectivity index (χ2n) is 5.59. The van der Waals surface area contributed by atoms with Gasteiger partial charge in [0.2, 0.25) is 0 Å². The van der Waals surface area contributed by atoms with E-state index in [1.807, 2.05) is 0 Å². The Labute approximate surface area is 111 Å². The van der Waals surface area contributed by atoms with Crippen LogP contribution in [-0.2, 0) is 0 Å². The van der Waals surface area contributed by atoms with Crippen molar-refractivity contribution in [1.29, 1.82) is 0 Å².